The normalized spacial score (nSPS) is 10.9. The molecule has 0 unspecified atom stereocenters. The minimum absolute atomic E-state index is 0.0794. The third kappa shape index (κ3) is 3.51. The van der Waals surface area contributed by atoms with Crippen LogP contribution in [0.1, 0.15) is 24.2 Å². The third-order valence-corrected chi connectivity index (χ3v) is 4.28. The van der Waals surface area contributed by atoms with Gasteiger partial charge in [0.25, 0.3) is 5.91 Å². The van der Waals surface area contributed by atoms with Crippen LogP contribution < -0.4 is 5.32 Å². The highest BCUT2D eigenvalue weighted by Crippen LogP contribution is 2.27. The molecule has 0 atom stereocenters. The van der Waals surface area contributed by atoms with Crippen molar-refractivity contribution in [1.82, 2.24) is 15.1 Å². The van der Waals surface area contributed by atoms with Gasteiger partial charge >= 0.3 is 0 Å². The van der Waals surface area contributed by atoms with Crippen molar-refractivity contribution < 1.29 is 4.79 Å². The number of carbonyl (C=O) groups excluding carboxylic acids is 1. The first-order valence-electron chi connectivity index (χ1n) is 7.62. The summed E-state index contributed by atoms with van der Waals surface area (Å²) in [5.74, 6) is 0.331. The molecule has 3 aromatic rings. The largest absolute Gasteiger partial charge is 0.352 e. The molecule has 0 saturated carbocycles. The van der Waals surface area contributed by atoms with Crippen LogP contribution in [0.2, 0.25) is 0 Å². The van der Waals surface area contributed by atoms with E-state index >= 15 is 0 Å². The van der Waals surface area contributed by atoms with Gasteiger partial charge in [0.1, 0.15) is 5.69 Å². The molecule has 5 heteroatoms. The van der Waals surface area contributed by atoms with Crippen molar-refractivity contribution in [3.05, 3.63) is 59.6 Å². The fourth-order valence-electron chi connectivity index (χ4n) is 2.24. The van der Waals surface area contributed by atoms with Gasteiger partial charge in [0.2, 0.25) is 0 Å². The number of carbonyl (C=O) groups is 1. The second-order valence-electron chi connectivity index (χ2n) is 5.75. The van der Waals surface area contributed by atoms with Crippen molar-refractivity contribution >= 4 is 17.2 Å². The first kappa shape index (κ1) is 15.5. The van der Waals surface area contributed by atoms with E-state index in [1.807, 2.05) is 47.8 Å². The summed E-state index contributed by atoms with van der Waals surface area (Å²) >= 11 is 1.58. The third-order valence-electron chi connectivity index (χ3n) is 3.41. The highest BCUT2D eigenvalue weighted by Gasteiger charge is 2.19. The van der Waals surface area contributed by atoms with E-state index in [4.69, 9.17) is 0 Å². The molecule has 0 saturated heterocycles. The number of nitrogens with zero attached hydrogens (tertiary/aromatic N) is 2. The molecule has 118 valence electrons. The minimum atomic E-state index is -0.0794. The Morgan fingerprint density at radius 2 is 2.00 bits per heavy atom. The summed E-state index contributed by atoms with van der Waals surface area (Å²) in [6.07, 6.45) is 1.81. The lowest BCUT2D eigenvalue weighted by atomic mass is 10.2. The summed E-state index contributed by atoms with van der Waals surface area (Å²) in [5, 5.41) is 9.61. The Morgan fingerprint density at radius 1 is 1.22 bits per heavy atom. The predicted molar refractivity (Wildman–Crippen MR) is 94.0 cm³/mol. The maximum Gasteiger partial charge on any atom is 0.255 e. The van der Waals surface area contributed by atoms with Crippen LogP contribution in [0.4, 0.5) is 0 Å². The van der Waals surface area contributed by atoms with Gasteiger partial charge in [-0.05, 0) is 29.5 Å². The average Bonchev–Trinajstić information content (AvgIpc) is 3.22. The van der Waals surface area contributed by atoms with E-state index in [1.54, 1.807) is 22.2 Å². The van der Waals surface area contributed by atoms with Gasteiger partial charge in [-0.3, -0.25) is 4.79 Å². The van der Waals surface area contributed by atoms with Gasteiger partial charge in [-0.25, -0.2) is 4.68 Å². The maximum atomic E-state index is 12.5. The van der Waals surface area contributed by atoms with Gasteiger partial charge < -0.3 is 5.32 Å². The van der Waals surface area contributed by atoms with E-state index < -0.39 is 0 Å². The second kappa shape index (κ2) is 6.79. The molecule has 3 rings (SSSR count). The molecule has 4 nitrogen and oxygen atoms in total. The number of para-hydroxylation sites is 1. The Kier molecular flexibility index (Phi) is 4.57. The van der Waals surface area contributed by atoms with Crippen molar-refractivity contribution in [2.24, 2.45) is 5.92 Å². The molecule has 1 N–H and O–H groups in total. The standard InChI is InChI=1S/C18H19N3OS/c1-13(2)11-19-18(22)15-12-21(14-7-4-3-5-8-14)20-17(15)16-9-6-10-23-16/h3-10,12-13H,11H2,1-2H3,(H,19,22). The van der Waals surface area contributed by atoms with Gasteiger partial charge in [-0.15, -0.1) is 11.3 Å². The van der Waals surface area contributed by atoms with Crippen LogP contribution in [0.3, 0.4) is 0 Å². The topological polar surface area (TPSA) is 46.9 Å². The molecule has 2 heterocycles. The van der Waals surface area contributed by atoms with E-state index in [0.717, 1.165) is 16.3 Å². The summed E-state index contributed by atoms with van der Waals surface area (Å²) in [7, 11) is 0. The zero-order valence-electron chi connectivity index (χ0n) is 13.2. The Hall–Kier alpha value is -2.40. The van der Waals surface area contributed by atoms with Crippen LogP contribution >= 0.6 is 11.3 Å². The summed E-state index contributed by atoms with van der Waals surface area (Å²) < 4.78 is 1.76. The van der Waals surface area contributed by atoms with Crippen molar-refractivity contribution in [3.8, 4) is 16.3 Å². The first-order chi connectivity index (χ1) is 11.1. The second-order valence-corrected chi connectivity index (χ2v) is 6.70. The number of thiophene rings is 1. The number of amides is 1. The highest BCUT2D eigenvalue weighted by atomic mass is 32.1. The SMILES string of the molecule is CC(C)CNC(=O)c1cn(-c2ccccc2)nc1-c1cccs1. The van der Waals surface area contributed by atoms with Crippen LogP contribution in [0, 0.1) is 5.92 Å². The van der Waals surface area contributed by atoms with Gasteiger partial charge in [0.15, 0.2) is 0 Å². The molecule has 23 heavy (non-hydrogen) atoms. The predicted octanol–water partition coefficient (Wildman–Crippen LogP) is 3.99. The van der Waals surface area contributed by atoms with Crippen molar-refractivity contribution in [2.45, 2.75) is 13.8 Å². The average molecular weight is 325 g/mol. The fraction of sp³-hybridized carbons (Fsp3) is 0.222. The quantitative estimate of drug-likeness (QED) is 0.771. The smallest absolute Gasteiger partial charge is 0.255 e. The van der Waals surface area contributed by atoms with Gasteiger partial charge in [-0.2, -0.15) is 5.10 Å². The van der Waals surface area contributed by atoms with Crippen LogP contribution in [-0.4, -0.2) is 22.2 Å². The van der Waals surface area contributed by atoms with E-state index in [2.05, 4.69) is 24.3 Å². The monoisotopic (exact) mass is 325 g/mol. The molecule has 0 fully saturated rings. The summed E-state index contributed by atoms with van der Waals surface area (Å²) in [5.41, 5.74) is 2.27. The zero-order chi connectivity index (χ0) is 16.2. The Bertz CT molecular complexity index is 776. The van der Waals surface area contributed by atoms with E-state index in [0.29, 0.717) is 18.0 Å². The molecule has 1 amide bonds. The number of rotatable bonds is 5. The number of hydrogen-bond acceptors (Lipinski definition) is 3. The molecule has 0 bridgehead atoms. The van der Waals surface area contributed by atoms with Crippen LogP contribution in [-0.2, 0) is 0 Å². The number of hydrogen-bond donors (Lipinski definition) is 1. The van der Waals surface area contributed by atoms with E-state index in [9.17, 15) is 4.79 Å². The molecule has 0 spiro atoms. The minimum Gasteiger partial charge on any atom is -0.352 e. The first-order valence-corrected chi connectivity index (χ1v) is 8.50. The van der Waals surface area contributed by atoms with Crippen molar-refractivity contribution in [2.75, 3.05) is 6.54 Å². The lowest BCUT2D eigenvalue weighted by Gasteiger charge is -2.06. The molecule has 0 aliphatic rings. The van der Waals surface area contributed by atoms with Crippen molar-refractivity contribution in [1.29, 1.82) is 0 Å². The maximum absolute atomic E-state index is 12.5. The summed E-state index contributed by atoms with van der Waals surface area (Å²) in [4.78, 5) is 13.5. The fourth-order valence-corrected chi connectivity index (χ4v) is 2.96. The van der Waals surface area contributed by atoms with E-state index in [1.165, 1.54) is 0 Å². The zero-order valence-corrected chi connectivity index (χ0v) is 14.0. The molecule has 1 aromatic carbocycles. The highest BCUT2D eigenvalue weighted by molar-refractivity contribution is 7.13. The molecule has 0 aliphatic heterocycles. The molecular formula is C18H19N3OS. The van der Waals surface area contributed by atoms with Crippen molar-refractivity contribution in [3.63, 3.8) is 0 Å². The summed E-state index contributed by atoms with van der Waals surface area (Å²) in [6.45, 7) is 4.81. The van der Waals surface area contributed by atoms with Crippen LogP contribution in [0.5, 0.6) is 0 Å². The number of benzene rings is 1. The van der Waals surface area contributed by atoms with Gasteiger partial charge in [0.05, 0.1) is 16.1 Å². The Morgan fingerprint density at radius 3 is 2.65 bits per heavy atom. The Labute approximate surface area is 139 Å². The van der Waals surface area contributed by atoms with E-state index in [-0.39, 0.29) is 5.91 Å². The lowest BCUT2D eigenvalue weighted by molar-refractivity contribution is 0.0949. The molecular weight excluding hydrogens is 306 g/mol. The van der Waals surface area contributed by atoms with Crippen LogP contribution in [0.15, 0.2) is 54.0 Å². The number of aromatic nitrogens is 2. The molecule has 2 aromatic heterocycles. The summed E-state index contributed by atoms with van der Waals surface area (Å²) in [6, 6.07) is 13.8. The molecule has 0 aliphatic carbocycles. The van der Waals surface area contributed by atoms with Gasteiger partial charge in [-0.1, -0.05) is 38.1 Å². The lowest BCUT2D eigenvalue weighted by Crippen LogP contribution is -2.27. The van der Waals surface area contributed by atoms with Crippen LogP contribution in [0.25, 0.3) is 16.3 Å². The Balaban J connectivity index is 1.99. The number of nitrogens with one attached hydrogen (secondary N) is 1. The molecule has 0 radical (unpaired) electrons. The van der Waals surface area contributed by atoms with Gasteiger partial charge in [0, 0.05) is 12.7 Å².